The van der Waals surface area contributed by atoms with E-state index in [1.165, 1.54) is 10.2 Å². The maximum absolute atomic E-state index is 12.7. The van der Waals surface area contributed by atoms with E-state index in [1.807, 2.05) is 25.1 Å². The van der Waals surface area contributed by atoms with Crippen molar-refractivity contribution in [1.29, 1.82) is 0 Å². The summed E-state index contributed by atoms with van der Waals surface area (Å²) in [5.74, 6) is -0.148. The molecule has 0 aliphatic heterocycles. The van der Waals surface area contributed by atoms with E-state index >= 15 is 0 Å². The molecule has 138 valence electrons. The van der Waals surface area contributed by atoms with Crippen molar-refractivity contribution in [1.82, 2.24) is 30.7 Å². The number of fused-ring (bicyclic) bond motifs is 1. The van der Waals surface area contributed by atoms with Crippen molar-refractivity contribution in [3.8, 4) is 5.82 Å². The number of hydrogen-bond donors (Lipinski definition) is 2. The highest BCUT2D eigenvalue weighted by molar-refractivity contribution is 6.05. The molecule has 1 aliphatic rings. The molecule has 2 aromatic heterocycles. The summed E-state index contributed by atoms with van der Waals surface area (Å²) in [5.41, 5.74) is 12.2. The predicted octanol–water partition coefficient (Wildman–Crippen LogP) is 1.27. The van der Waals surface area contributed by atoms with Crippen LogP contribution in [0.2, 0.25) is 0 Å². The third-order valence-corrected chi connectivity index (χ3v) is 4.41. The van der Waals surface area contributed by atoms with Crippen LogP contribution in [0, 0.1) is 0 Å². The predicted molar refractivity (Wildman–Crippen MR) is 96.4 cm³/mol. The average molecular weight is 366 g/mol. The van der Waals surface area contributed by atoms with E-state index in [-0.39, 0.29) is 17.3 Å². The SMILES string of the molecule is CCCc1c(C(=O)N/N=C2\CCc3ccccc32)nnn1-c1nonc1N. The van der Waals surface area contributed by atoms with Crippen molar-refractivity contribution >= 4 is 17.4 Å². The van der Waals surface area contributed by atoms with Crippen LogP contribution in [0.1, 0.15) is 47.1 Å². The van der Waals surface area contributed by atoms with Gasteiger partial charge in [-0.05, 0) is 35.1 Å². The molecule has 10 heteroatoms. The lowest BCUT2D eigenvalue weighted by molar-refractivity contribution is 0.0948. The lowest BCUT2D eigenvalue weighted by Gasteiger charge is -2.04. The van der Waals surface area contributed by atoms with Gasteiger partial charge >= 0.3 is 0 Å². The van der Waals surface area contributed by atoms with Crippen LogP contribution in [0.5, 0.6) is 0 Å². The van der Waals surface area contributed by atoms with E-state index in [0.717, 1.165) is 30.5 Å². The Balaban J connectivity index is 1.60. The van der Waals surface area contributed by atoms with E-state index in [9.17, 15) is 4.79 Å². The molecule has 3 aromatic rings. The molecule has 0 radical (unpaired) electrons. The molecule has 1 aromatic carbocycles. The van der Waals surface area contributed by atoms with Crippen molar-refractivity contribution in [3.63, 3.8) is 0 Å². The number of carbonyl (C=O) groups excluding carboxylic acids is 1. The molecule has 4 rings (SSSR count). The summed E-state index contributed by atoms with van der Waals surface area (Å²) in [5, 5.41) is 19.5. The first-order valence-corrected chi connectivity index (χ1v) is 8.67. The van der Waals surface area contributed by atoms with Gasteiger partial charge in [-0.2, -0.15) is 9.78 Å². The summed E-state index contributed by atoms with van der Waals surface area (Å²) in [6, 6.07) is 8.04. The van der Waals surface area contributed by atoms with Crippen LogP contribution in [0.3, 0.4) is 0 Å². The molecule has 0 spiro atoms. The molecule has 0 unspecified atom stereocenters. The van der Waals surface area contributed by atoms with Crippen LogP contribution in [-0.2, 0) is 12.8 Å². The average Bonchev–Trinajstić information content (AvgIpc) is 3.38. The largest absolute Gasteiger partial charge is 0.378 e. The minimum atomic E-state index is -0.434. The van der Waals surface area contributed by atoms with Crippen LogP contribution in [0.4, 0.5) is 5.82 Å². The monoisotopic (exact) mass is 366 g/mol. The molecule has 0 atom stereocenters. The standard InChI is InChI=1S/C17H18N8O2/c1-2-5-13-14(20-24-25(13)16-15(18)22-27-23-16)17(26)21-19-12-9-8-10-6-3-4-7-11(10)12/h3-4,6-7H,2,5,8-9H2,1H3,(H2,18,22)(H,21,26)/b19-12+. The maximum Gasteiger partial charge on any atom is 0.293 e. The third kappa shape index (κ3) is 3.05. The molecule has 0 saturated heterocycles. The van der Waals surface area contributed by atoms with Crippen molar-refractivity contribution in [2.75, 3.05) is 5.73 Å². The number of anilines is 1. The van der Waals surface area contributed by atoms with Crippen molar-refractivity contribution in [3.05, 3.63) is 46.8 Å². The Morgan fingerprint density at radius 3 is 2.96 bits per heavy atom. The Kier molecular flexibility index (Phi) is 4.37. The molecule has 0 bridgehead atoms. The normalized spacial score (nSPS) is 14.5. The summed E-state index contributed by atoms with van der Waals surface area (Å²) in [6.07, 6.45) is 3.04. The molecule has 27 heavy (non-hydrogen) atoms. The molecule has 0 fully saturated rings. The minimum absolute atomic E-state index is 0.0759. The van der Waals surface area contributed by atoms with Gasteiger partial charge in [-0.1, -0.05) is 42.8 Å². The molecule has 1 amide bonds. The van der Waals surface area contributed by atoms with Crippen LogP contribution in [-0.4, -0.2) is 36.9 Å². The van der Waals surface area contributed by atoms with E-state index in [0.29, 0.717) is 12.1 Å². The van der Waals surface area contributed by atoms with E-state index < -0.39 is 5.91 Å². The number of nitrogens with one attached hydrogen (secondary N) is 1. The van der Waals surface area contributed by atoms with Gasteiger partial charge in [0, 0.05) is 5.56 Å². The fourth-order valence-corrected chi connectivity index (χ4v) is 3.14. The summed E-state index contributed by atoms with van der Waals surface area (Å²) < 4.78 is 5.99. The van der Waals surface area contributed by atoms with Gasteiger partial charge in [-0.25, -0.2) is 10.1 Å². The van der Waals surface area contributed by atoms with Gasteiger partial charge in [-0.3, -0.25) is 4.79 Å². The number of hydrogen-bond acceptors (Lipinski definition) is 8. The Morgan fingerprint density at radius 1 is 1.33 bits per heavy atom. The summed E-state index contributed by atoms with van der Waals surface area (Å²) in [4.78, 5) is 12.7. The van der Waals surface area contributed by atoms with Crippen LogP contribution in [0.25, 0.3) is 5.82 Å². The second-order valence-electron chi connectivity index (χ2n) is 6.18. The molecule has 3 N–H and O–H groups in total. The molecule has 0 saturated carbocycles. The fourth-order valence-electron chi connectivity index (χ4n) is 3.14. The lowest BCUT2D eigenvalue weighted by atomic mass is 10.1. The lowest BCUT2D eigenvalue weighted by Crippen LogP contribution is -2.22. The first kappa shape index (κ1) is 16.9. The van der Waals surface area contributed by atoms with Gasteiger partial charge in [-0.15, -0.1) is 5.10 Å². The highest BCUT2D eigenvalue weighted by Gasteiger charge is 2.24. The first-order chi connectivity index (χ1) is 13.2. The van der Waals surface area contributed by atoms with Gasteiger partial charge in [0.05, 0.1) is 11.4 Å². The number of amides is 1. The van der Waals surface area contributed by atoms with Gasteiger partial charge in [0.2, 0.25) is 11.6 Å². The number of nitrogens with two attached hydrogens (primary N) is 1. The third-order valence-electron chi connectivity index (χ3n) is 4.41. The molecule has 1 aliphatic carbocycles. The zero-order chi connectivity index (χ0) is 18.8. The second kappa shape index (κ2) is 6.98. The topological polar surface area (TPSA) is 137 Å². The number of aromatic nitrogens is 5. The number of nitrogens with zero attached hydrogens (tertiary/aromatic N) is 6. The zero-order valence-corrected chi connectivity index (χ0v) is 14.7. The van der Waals surface area contributed by atoms with Gasteiger partial charge in [0.1, 0.15) is 0 Å². The van der Waals surface area contributed by atoms with Crippen molar-refractivity contribution < 1.29 is 9.42 Å². The smallest absolute Gasteiger partial charge is 0.293 e. The van der Waals surface area contributed by atoms with E-state index in [2.05, 4.69) is 41.8 Å². The van der Waals surface area contributed by atoms with E-state index in [4.69, 9.17) is 5.73 Å². The van der Waals surface area contributed by atoms with E-state index in [1.54, 1.807) is 0 Å². The minimum Gasteiger partial charge on any atom is -0.378 e. The number of hydrazone groups is 1. The number of carbonyl (C=O) groups is 1. The van der Waals surface area contributed by atoms with Crippen molar-refractivity contribution in [2.24, 2.45) is 5.10 Å². The Bertz CT molecular complexity index is 1020. The van der Waals surface area contributed by atoms with Gasteiger partial charge < -0.3 is 5.73 Å². The quantitative estimate of drug-likeness (QED) is 0.648. The number of rotatable bonds is 5. The molecular weight excluding hydrogens is 348 g/mol. The van der Waals surface area contributed by atoms with Gasteiger partial charge in [0.15, 0.2) is 5.69 Å². The summed E-state index contributed by atoms with van der Waals surface area (Å²) >= 11 is 0. The summed E-state index contributed by atoms with van der Waals surface area (Å²) in [7, 11) is 0. The highest BCUT2D eigenvalue weighted by atomic mass is 16.6. The fraction of sp³-hybridized carbons (Fsp3) is 0.294. The zero-order valence-electron chi connectivity index (χ0n) is 14.7. The maximum atomic E-state index is 12.7. The molecule has 10 nitrogen and oxygen atoms in total. The second-order valence-corrected chi connectivity index (χ2v) is 6.18. The number of benzene rings is 1. The molecule has 2 heterocycles. The van der Waals surface area contributed by atoms with Crippen LogP contribution < -0.4 is 11.2 Å². The number of nitrogen functional groups attached to an aromatic ring is 1. The number of aryl methyl sites for hydroxylation is 1. The Hall–Kier alpha value is -3.56. The van der Waals surface area contributed by atoms with Crippen molar-refractivity contribution in [2.45, 2.75) is 32.6 Å². The first-order valence-electron chi connectivity index (χ1n) is 8.67. The highest BCUT2D eigenvalue weighted by Crippen LogP contribution is 2.22. The van der Waals surface area contributed by atoms with Crippen LogP contribution >= 0.6 is 0 Å². The summed E-state index contributed by atoms with van der Waals surface area (Å²) in [6.45, 7) is 1.99. The van der Waals surface area contributed by atoms with Crippen LogP contribution in [0.15, 0.2) is 34.0 Å². The van der Waals surface area contributed by atoms with Gasteiger partial charge in [0.25, 0.3) is 5.91 Å². The Labute approximate surface area is 154 Å². The molecular formula is C17H18N8O2. The Morgan fingerprint density at radius 2 is 2.19 bits per heavy atom.